The molecule has 0 fully saturated rings. The van der Waals surface area contributed by atoms with Gasteiger partial charge in [-0.25, -0.2) is 12.8 Å². The maximum absolute atomic E-state index is 14.4. The minimum absolute atomic E-state index is 0.0281. The van der Waals surface area contributed by atoms with Gasteiger partial charge in [-0.05, 0) is 43.2 Å². The molecule has 1 amide bonds. The number of anilines is 2. The molecule has 7 nitrogen and oxygen atoms in total. The van der Waals surface area contributed by atoms with Crippen LogP contribution in [0.2, 0.25) is 0 Å². The van der Waals surface area contributed by atoms with E-state index in [9.17, 15) is 17.6 Å². The summed E-state index contributed by atoms with van der Waals surface area (Å²) in [5.74, 6) is -0.635. The van der Waals surface area contributed by atoms with Crippen molar-refractivity contribution < 1.29 is 27.1 Å². The van der Waals surface area contributed by atoms with E-state index in [2.05, 4.69) is 5.32 Å². The quantitative estimate of drug-likeness (QED) is 0.500. The van der Waals surface area contributed by atoms with Crippen molar-refractivity contribution in [1.82, 2.24) is 0 Å². The number of nitrogens with zero attached hydrogens (tertiary/aromatic N) is 1. The van der Waals surface area contributed by atoms with E-state index >= 15 is 0 Å². The van der Waals surface area contributed by atoms with E-state index in [1.54, 1.807) is 12.1 Å². The molecule has 1 N–H and O–H groups in total. The summed E-state index contributed by atoms with van der Waals surface area (Å²) in [6.07, 6.45) is 0.997. The van der Waals surface area contributed by atoms with E-state index in [1.165, 1.54) is 44.6 Å². The molecular formula is C25H27FN2O5S. The summed E-state index contributed by atoms with van der Waals surface area (Å²) in [5, 5.41) is 2.85. The second-order valence-corrected chi connectivity index (χ2v) is 9.69. The van der Waals surface area contributed by atoms with Crippen LogP contribution in [0.25, 0.3) is 0 Å². The average molecular weight is 487 g/mol. The van der Waals surface area contributed by atoms with Gasteiger partial charge in [0, 0.05) is 17.3 Å². The molecule has 0 radical (unpaired) electrons. The van der Waals surface area contributed by atoms with Crippen LogP contribution in [-0.4, -0.2) is 34.8 Å². The number of sulfonamides is 1. The Morgan fingerprint density at radius 1 is 1.00 bits per heavy atom. The van der Waals surface area contributed by atoms with Crippen molar-refractivity contribution in [2.24, 2.45) is 0 Å². The zero-order valence-corrected chi connectivity index (χ0v) is 20.5. The SMILES string of the molecule is COc1cc(C(=O)Nc2cccc(C)c2C)c(N(Cc2ccccc2F)S(C)(=O)=O)cc1OC. The van der Waals surface area contributed by atoms with Gasteiger partial charge in [0.15, 0.2) is 11.5 Å². The highest BCUT2D eigenvalue weighted by Crippen LogP contribution is 2.37. The van der Waals surface area contributed by atoms with Crippen molar-refractivity contribution >= 4 is 27.3 Å². The Kier molecular flexibility index (Phi) is 7.46. The van der Waals surface area contributed by atoms with Gasteiger partial charge in [0.25, 0.3) is 5.91 Å². The Morgan fingerprint density at radius 2 is 1.65 bits per heavy atom. The van der Waals surface area contributed by atoms with Crippen LogP contribution in [0, 0.1) is 19.7 Å². The molecule has 3 aromatic carbocycles. The molecule has 3 aromatic rings. The summed E-state index contributed by atoms with van der Waals surface area (Å²) in [5.41, 5.74) is 2.67. The van der Waals surface area contributed by atoms with Crippen LogP contribution in [-0.2, 0) is 16.6 Å². The number of amides is 1. The highest BCUT2D eigenvalue weighted by Gasteiger charge is 2.27. The molecule has 0 saturated heterocycles. The number of carbonyl (C=O) groups excluding carboxylic acids is 1. The molecule has 0 bridgehead atoms. The molecule has 0 aliphatic carbocycles. The van der Waals surface area contributed by atoms with Gasteiger partial charge in [0.2, 0.25) is 10.0 Å². The van der Waals surface area contributed by atoms with E-state index in [1.807, 2.05) is 26.0 Å². The fourth-order valence-electron chi connectivity index (χ4n) is 3.50. The molecule has 0 unspecified atom stereocenters. The number of halogens is 1. The Balaban J connectivity index is 2.18. The monoisotopic (exact) mass is 486 g/mol. The first-order valence-corrected chi connectivity index (χ1v) is 12.3. The lowest BCUT2D eigenvalue weighted by atomic mass is 10.1. The third-order valence-corrected chi connectivity index (χ3v) is 6.67. The van der Waals surface area contributed by atoms with E-state index < -0.39 is 21.7 Å². The normalized spacial score (nSPS) is 11.1. The van der Waals surface area contributed by atoms with Crippen LogP contribution < -0.4 is 19.1 Å². The van der Waals surface area contributed by atoms with Gasteiger partial charge in [-0.1, -0.05) is 30.3 Å². The average Bonchev–Trinajstić information content (AvgIpc) is 2.79. The number of carbonyl (C=O) groups is 1. The van der Waals surface area contributed by atoms with Gasteiger partial charge in [-0.15, -0.1) is 0 Å². The Hall–Kier alpha value is -3.59. The lowest BCUT2D eigenvalue weighted by Gasteiger charge is -2.26. The highest BCUT2D eigenvalue weighted by atomic mass is 32.2. The molecule has 0 aromatic heterocycles. The van der Waals surface area contributed by atoms with Crippen LogP contribution in [0.15, 0.2) is 54.6 Å². The number of benzene rings is 3. The molecule has 0 spiro atoms. The largest absolute Gasteiger partial charge is 0.493 e. The lowest BCUT2D eigenvalue weighted by molar-refractivity contribution is 0.102. The molecule has 0 aliphatic heterocycles. The molecule has 9 heteroatoms. The molecule has 180 valence electrons. The maximum Gasteiger partial charge on any atom is 0.257 e. The molecule has 34 heavy (non-hydrogen) atoms. The van der Waals surface area contributed by atoms with Crippen molar-refractivity contribution in [1.29, 1.82) is 0 Å². The summed E-state index contributed by atoms with van der Waals surface area (Å²) in [4.78, 5) is 13.4. The summed E-state index contributed by atoms with van der Waals surface area (Å²) >= 11 is 0. The summed E-state index contributed by atoms with van der Waals surface area (Å²) in [6.45, 7) is 3.48. The first-order chi connectivity index (χ1) is 16.1. The van der Waals surface area contributed by atoms with Crippen LogP contribution in [0.1, 0.15) is 27.0 Å². The van der Waals surface area contributed by atoms with Crippen molar-refractivity contribution in [2.45, 2.75) is 20.4 Å². The number of rotatable bonds is 8. The number of aryl methyl sites for hydroxylation is 1. The Bertz CT molecular complexity index is 1320. The summed E-state index contributed by atoms with van der Waals surface area (Å²) < 4.78 is 51.7. The number of nitrogens with one attached hydrogen (secondary N) is 1. The third kappa shape index (κ3) is 5.31. The van der Waals surface area contributed by atoms with Crippen molar-refractivity contribution in [3.05, 3.63) is 82.7 Å². The van der Waals surface area contributed by atoms with E-state index in [-0.39, 0.29) is 34.9 Å². The van der Waals surface area contributed by atoms with E-state index in [4.69, 9.17) is 9.47 Å². The predicted molar refractivity (Wildman–Crippen MR) is 131 cm³/mol. The number of hydrogen-bond acceptors (Lipinski definition) is 5. The number of hydrogen-bond donors (Lipinski definition) is 1. The van der Waals surface area contributed by atoms with Crippen molar-refractivity contribution in [3.8, 4) is 11.5 Å². The third-order valence-electron chi connectivity index (χ3n) is 5.54. The van der Waals surface area contributed by atoms with Gasteiger partial charge in [0.1, 0.15) is 5.82 Å². The maximum atomic E-state index is 14.4. The summed E-state index contributed by atoms with van der Waals surface area (Å²) in [6, 6.07) is 14.2. The van der Waals surface area contributed by atoms with Crippen LogP contribution in [0.3, 0.4) is 0 Å². The van der Waals surface area contributed by atoms with Gasteiger partial charge < -0.3 is 14.8 Å². The Morgan fingerprint density at radius 3 is 2.26 bits per heavy atom. The van der Waals surface area contributed by atoms with Crippen LogP contribution in [0.4, 0.5) is 15.8 Å². The minimum Gasteiger partial charge on any atom is -0.493 e. The van der Waals surface area contributed by atoms with E-state index in [0.29, 0.717) is 5.69 Å². The smallest absolute Gasteiger partial charge is 0.257 e. The molecule has 0 heterocycles. The number of methoxy groups -OCH3 is 2. The van der Waals surface area contributed by atoms with Crippen molar-refractivity contribution in [2.75, 3.05) is 30.1 Å². The molecule has 0 atom stereocenters. The van der Waals surface area contributed by atoms with Gasteiger partial charge >= 0.3 is 0 Å². The topological polar surface area (TPSA) is 84.9 Å². The highest BCUT2D eigenvalue weighted by molar-refractivity contribution is 7.92. The zero-order valence-electron chi connectivity index (χ0n) is 19.7. The van der Waals surface area contributed by atoms with Crippen LogP contribution in [0.5, 0.6) is 11.5 Å². The fourth-order valence-corrected chi connectivity index (χ4v) is 4.38. The second kappa shape index (κ2) is 10.1. The van der Waals surface area contributed by atoms with E-state index in [0.717, 1.165) is 21.7 Å². The fraction of sp³-hybridized carbons (Fsp3) is 0.240. The first kappa shape index (κ1) is 25.0. The van der Waals surface area contributed by atoms with Gasteiger partial charge in [-0.3, -0.25) is 9.10 Å². The molecule has 0 aliphatic rings. The van der Waals surface area contributed by atoms with Crippen LogP contribution >= 0.6 is 0 Å². The van der Waals surface area contributed by atoms with Crippen molar-refractivity contribution in [3.63, 3.8) is 0 Å². The minimum atomic E-state index is -3.93. The Labute approximate surface area is 199 Å². The zero-order chi connectivity index (χ0) is 25.0. The summed E-state index contributed by atoms with van der Waals surface area (Å²) in [7, 11) is -1.11. The molecular weight excluding hydrogens is 459 g/mol. The molecule has 3 rings (SSSR count). The second-order valence-electron chi connectivity index (χ2n) is 7.79. The molecule has 0 saturated carbocycles. The van der Waals surface area contributed by atoms with Gasteiger partial charge in [-0.2, -0.15) is 0 Å². The predicted octanol–water partition coefficient (Wildman–Crippen LogP) is 4.68. The standard InChI is InChI=1S/C25H27FN2O5S/c1-16-9-8-12-21(17(16)2)27-25(29)19-13-23(32-3)24(33-4)14-22(19)28(34(5,30)31)15-18-10-6-7-11-20(18)26/h6-14H,15H2,1-5H3,(H,27,29). The first-order valence-electron chi connectivity index (χ1n) is 10.4. The lowest BCUT2D eigenvalue weighted by Crippen LogP contribution is -2.32. The number of ether oxygens (including phenoxy) is 2. The van der Waals surface area contributed by atoms with Gasteiger partial charge in [0.05, 0.1) is 38.3 Å².